The van der Waals surface area contributed by atoms with Gasteiger partial charge in [-0.15, -0.1) is 0 Å². The molecule has 2 aromatic heterocycles. The zero-order valence-electron chi connectivity index (χ0n) is 21.3. The van der Waals surface area contributed by atoms with Crippen molar-refractivity contribution in [2.24, 2.45) is 0 Å². The number of carbonyl (C=O) groups is 1. The number of carbonyl (C=O) groups excluding carboxylic acids is 1. The second kappa shape index (κ2) is 12.9. The summed E-state index contributed by atoms with van der Waals surface area (Å²) in [6.45, 7) is 4.07. The third-order valence-electron chi connectivity index (χ3n) is 5.57. The van der Waals surface area contributed by atoms with Crippen LogP contribution in [-0.4, -0.2) is 36.9 Å². The van der Waals surface area contributed by atoms with Crippen molar-refractivity contribution in [3.05, 3.63) is 102 Å². The monoisotopic (exact) mass is 511 g/mol. The molecule has 194 valence electrons. The van der Waals surface area contributed by atoms with Gasteiger partial charge in [-0.2, -0.15) is 0 Å². The van der Waals surface area contributed by atoms with Crippen LogP contribution in [0.3, 0.4) is 0 Å². The molecule has 8 heteroatoms. The third kappa shape index (κ3) is 7.10. The summed E-state index contributed by atoms with van der Waals surface area (Å²) >= 11 is 0. The first kappa shape index (κ1) is 26.2. The van der Waals surface area contributed by atoms with Crippen LogP contribution in [0.5, 0.6) is 17.4 Å². The van der Waals surface area contributed by atoms with E-state index in [9.17, 15) is 4.79 Å². The van der Waals surface area contributed by atoms with Gasteiger partial charge in [-0.25, -0.2) is 4.98 Å². The number of pyridine rings is 1. The minimum atomic E-state index is -0.199. The van der Waals surface area contributed by atoms with Crippen LogP contribution in [0.15, 0.2) is 90.0 Å². The number of aromatic nitrogens is 2. The molecule has 0 aliphatic carbocycles. The summed E-state index contributed by atoms with van der Waals surface area (Å²) in [6, 6.07) is 20.6. The van der Waals surface area contributed by atoms with E-state index in [0.29, 0.717) is 47.5 Å². The van der Waals surface area contributed by atoms with Gasteiger partial charge in [0.1, 0.15) is 0 Å². The molecule has 0 unspecified atom stereocenters. The highest BCUT2D eigenvalue weighted by atomic mass is 16.5. The Kier molecular flexibility index (Phi) is 8.91. The van der Waals surface area contributed by atoms with Gasteiger partial charge in [-0.05, 0) is 42.0 Å². The first-order valence-electron chi connectivity index (χ1n) is 12.0. The molecule has 1 N–H and O–H groups in total. The van der Waals surface area contributed by atoms with E-state index in [-0.39, 0.29) is 12.3 Å². The molecule has 0 saturated heterocycles. The molecule has 0 fully saturated rings. The van der Waals surface area contributed by atoms with Crippen LogP contribution in [0.1, 0.15) is 17.0 Å². The van der Waals surface area contributed by atoms with E-state index in [1.165, 1.54) is 0 Å². The van der Waals surface area contributed by atoms with Gasteiger partial charge < -0.3 is 24.1 Å². The fraction of sp³-hybridized carbons (Fsp3) is 0.167. The predicted octanol–water partition coefficient (Wildman–Crippen LogP) is 5.76. The van der Waals surface area contributed by atoms with Crippen molar-refractivity contribution in [1.29, 1.82) is 0 Å². The lowest BCUT2D eigenvalue weighted by Crippen LogP contribution is -2.14. The Bertz CT molecular complexity index is 1430. The van der Waals surface area contributed by atoms with Gasteiger partial charge in [-0.3, -0.25) is 4.79 Å². The Balaban J connectivity index is 1.35. The summed E-state index contributed by atoms with van der Waals surface area (Å²) in [6.07, 6.45) is 5.88. The molecule has 0 radical (unpaired) electrons. The highest BCUT2D eigenvalue weighted by molar-refractivity contribution is 5.92. The van der Waals surface area contributed by atoms with Gasteiger partial charge in [0, 0.05) is 29.8 Å². The predicted molar refractivity (Wildman–Crippen MR) is 146 cm³/mol. The third-order valence-corrected chi connectivity index (χ3v) is 5.57. The number of methoxy groups -OCH3 is 2. The minimum Gasteiger partial charge on any atom is -0.493 e. The average Bonchev–Trinajstić information content (AvgIpc) is 3.39. The highest BCUT2D eigenvalue weighted by Gasteiger charge is 2.10. The second-order valence-electron chi connectivity index (χ2n) is 8.27. The summed E-state index contributed by atoms with van der Waals surface area (Å²) in [5.41, 5.74) is 3.86. The Labute approximate surface area is 221 Å². The van der Waals surface area contributed by atoms with Crippen LogP contribution in [0.2, 0.25) is 0 Å². The largest absolute Gasteiger partial charge is 0.493 e. The number of nitrogens with one attached hydrogen (secondary N) is 1. The molecule has 1 amide bonds. The summed E-state index contributed by atoms with van der Waals surface area (Å²) in [4.78, 5) is 17.2. The summed E-state index contributed by atoms with van der Waals surface area (Å²) in [5.74, 6) is 2.25. The number of amides is 1. The van der Waals surface area contributed by atoms with Crippen molar-refractivity contribution in [1.82, 2.24) is 10.1 Å². The number of hydrogen-bond donors (Lipinski definition) is 1. The molecule has 4 rings (SSSR count). The quantitative estimate of drug-likeness (QED) is 0.242. The molecule has 38 heavy (non-hydrogen) atoms. The first-order chi connectivity index (χ1) is 18.6. The number of hydrogen-bond acceptors (Lipinski definition) is 7. The molecule has 4 aromatic rings. The van der Waals surface area contributed by atoms with Crippen LogP contribution >= 0.6 is 0 Å². The topological polar surface area (TPSA) is 95.7 Å². The second-order valence-corrected chi connectivity index (χ2v) is 8.27. The Morgan fingerprint density at radius 1 is 1.03 bits per heavy atom. The number of nitrogens with zero attached hydrogens (tertiary/aromatic N) is 2. The minimum absolute atomic E-state index is 0.0945. The molecule has 2 aromatic carbocycles. The fourth-order valence-corrected chi connectivity index (χ4v) is 3.74. The van der Waals surface area contributed by atoms with Crippen molar-refractivity contribution in [2.45, 2.75) is 12.8 Å². The van der Waals surface area contributed by atoms with E-state index in [1.54, 1.807) is 38.5 Å². The molecule has 0 aliphatic rings. The van der Waals surface area contributed by atoms with Crippen LogP contribution in [0.25, 0.3) is 17.3 Å². The van der Waals surface area contributed by atoms with Gasteiger partial charge >= 0.3 is 0 Å². The molecular weight excluding hydrogens is 482 g/mol. The molecule has 8 nitrogen and oxygen atoms in total. The van der Waals surface area contributed by atoms with Crippen LogP contribution in [0, 0.1) is 0 Å². The van der Waals surface area contributed by atoms with E-state index in [2.05, 4.69) is 22.0 Å². The number of allylic oxidation sites excluding steroid dienone is 2. The molecular formula is C30H29N3O5. The van der Waals surface area contributed by atoms with Crippen molar-refractivity contribution < 1.29 is 23.5 Å². The van der Waals surface area contributed by atoms with E-state index in [0.717, 1.165) is 16.8 Å². The zero-order chi connectivity index (χ0) is 26.7. The summed E-state index contributed by atoms with van der Waals surface area (Å²) in [5, 5.41) is 6.83. The SMILES string of the molecule is C=CC=Cc1cc(CC(=O)Nc2cccc(-c3cccc(OCCc4ccc(OC)c(OC)c4)n3)c2)no1. The van der Waals surface area contributed by atoms with Crippen molar-refractivity contribution in [2.75, 3.05) is 26.1 Å². The number of anilines is 1. The number of rotatable bonds is 12. The van der Waals surface area contributed by atoms with Crippen LogP contribution < -0.4 is 19.5 Å². The fourth-order valence-electron chi connectivity index (χ4n) is 3.74. The van der Waals surface area contributed by atoms with Gasteiger partial charge in [0.15, 0.2) is 17.3 Å². The molecule has 0 bridgehead atoms. The lowest BCUT2D eigenvalue weighted by Gasteiger charge is -2.11. The first-order valence-corrected chi connectivity index (χ1v) is 12.0. The van der Waals surface area contributed by atoms with Gasteiger partial charge in [0.25, 0.3) is 0 Å². The van der Waals surface area contributed by atoms with Crippen molar-refractivity contribution in [3.8, 4) is 28.6 Å². The molecule has 0 atom stereocenters. The maximum absolute atomic E-state index is 12.5. The molecule has 0 saturated carbocycles. The maximum atomic E-state index is 12.5. The van der Waals surface area contributed by atoms with Crippen LogP contribution in [-0.2, 0) is 17.6 Å². The Morgan fingerprint density at radius 2 is 1.87 bits per heavy atom. The number of ether oxygens (including phenoxy) is 3. The van der Waals surface area contributed by atoms with Gasteiger partial charge in [0.05, 0.1) is 38.6 Å². The molecule has 0 aliphatic heterocycles. The summed E-state index contributed by atoms with van der Waals surface area (Å²) in [7, 11) is 3.23. The Hall–Kier alpha value is -4.85. The average molecular weight is 512 g/mol. The van der Waals surface area contributed by atoms with E-state index in [1.807, 2.05) is 60.7 Å². The Morgan fingerprint density at radius 3 is 2.68 bits per heavy atom. The molecule has 2 heterocycles. The number of benzene rings is 2. The standard InChI is InChI=1S/C30H29N3O5/c1-4-5-10-25-19-24(33-38-25)20-29(34)31-23-9-6-8-22(18-23)26-11-7-12-30(32-26)37-16-15-21-13-14-27(35-2)28(17-21)36-3/h4-14,17-19H,1,15-16,20H2,2-3H3,(H,31,34). The maximum Gasteiger partial charge on any atom is 0.230 e. The highest BCUT2D eigenvalue weighted by Crippen LogP contribution is 2.28. The van der Waals surface area contributed by atoms with Crippen molar-refractivity contribution in [3.63, 3.8) is 0 Å². The van der Waals surface area contributed by atoms with Crippen LogP contribution in [0.4, 0.5) is 5.69 Å². The lowest BCUT2D eigenvalue weighted by molar-refractivity contribution is -0.115. The zero-order valence-corrected chi connectivity index (χ0v) is 21.3. The van der Waals surface area contributed by atoms with E-state index >= 15 is 0 Å². The lowest BCUT2D eigenvalue weighted by atomic mass is 10.1. The van der Waals surface area contributed by atoms with Gasteiger partial charge in [0.2, 0.25) is 11.8 Å². The van der Waals surface area contributed by atoms with E-state index < -0.39 is 0 Å². The smallest absolute Gasteiger partial charge is 0.230 e. The van der Waals surface area contributed by atoms with E-state index in [4.69, 9.17) is 18.7 Å². The normalized spacial score (nSPS) is 10.8. The van der Waals surface area contributed by atoms with Crippen molar-refractivity contribution >= 4 is 17.7 Å². The van der Waals surface area contributed by atoms with Gasteiger partial charge in [-0.1, -0.05) is 48.2 Å². The summed E-state index contributed by atoms with van der Waals surface area (Å²) < 4.78 is 21.7. The molecule has 0 spiro atoms.